The van der Waals surface area contributed by atoms with Gasteiger partial charge in [0, 0.05) is 19.6 Å². The van der Waals surface area contributed by atoms with Crippen molar-refractivity contribution in [2.24, 2.45) is 5.92 Å². The highest BCUT2D eigenvalue weighted by Gasteiger charge is 2.14. The van der Waals surface area contributed by atoms with Gasteiger partial charge < -0.3 is 4.74 Å². The van der Waals surface area contributed by atoms with E-state index in [1.165, 1.54) is 38.5 Å². The molecule has 1 saturated heterocycles. The predicted molar refractivity (Wildman–Crippen MR) is 61.6 cm³/mol. The fraction of sp³-hybridized carbons (Fsp3) is 1.00. The summed E-state index contributed by atoms with van der Waals surface area (Å²) in [6.45, 7) is 5.02. The molecule has 0 atom stereocenters. The van der Waals surface area contributed by atoms with Gasteiger partial charge in [-0.05, 0) is 12.3 Å². The molecule has 1 heterocycles. The van der Waals surface area contributed by atoms with Crippen LogP contribution in [0.4, 0.5) is 0 Å². The van der Waals surface area contributed by atoms with E-state index < -0.39 is 0 Å². The molecule has 1 aliphatic heterocycles. The summed E-state index contributed by atoms with van der Waals surface area (Å²) in [6, 6.07) is 0. The first-order chi connectivity index (χ1) is 7.45. The van der Waals surface area contributed by atoms with Crippen molar-refractivity contribution in [2.75, 3.05) is 32.8 Å². The standard InChI is InChI=1S/C12H24N2O/c1-2-4-12(5-3-1)6-7-13-14-8-10-15-11-9-14/h12-13H,1-11H2. The molecule has 0 aromatic carbocycles. The molecular formula is C12H24N2O. The third kappa shape index (κ3) is 4.09. The third-order valence-electron chi connectivity index (χ3n) is 3.62. The Hall–Kier alpha value is -0.120. The molecule has 88 valence electrons. The molecule has 3 heteroatoms. The minimum Gasteiger partial charge on any atom is -0.379 e. The quantitative estimate of drug-likeness (QED) is 0.769. The zero-order chi connectivity index (χ0) is 10.3. The Bertz CT molecular complexity index is 145. The molecule has 0 bridgehead atoms. The number of hydrogen-bond acceptors (Lipinski definition) is 3. The molecule has 1 saturated carbocycles. The minimum atomic E-state index is 0.885. The van der Waals surface area contributed by atoms with Crippen LogP contribution in [0, 0.1) is 5.92 Å². The summed E-state index contributed by atoms with van der Waals surface area (Å²) in [7, 11) is 0. The Kier molecular flexibility index (Phi) is 4.90. The number of hydrazine groups is 1. The van der Waals surface area contributed by atoms with E-state index in [2.05, 4.69) is 10.4 Å². The van der Waals surface area contributed by atoms with Gasteiger partial charge in [-0.1, -0.05) is 32.1 Å². The van der Waals surface area contributed by atoms with Crippen LogP contribution in [0.1, 0.15) is 38.5 Å². The number of morpholine rings is 1. The topological polar surface area (TPSA) is 24.5 Å². The summed E-state index contributed by atoms with van der Waals surface area (Å²) in [5, 5.41) is 2.31. The highest BCUT2D eigenvalue weighted by atomic mass is 16.5. The van der Waals surface area contributed by atoms with E-state index >= 15 is 0 Å². The lowest BCUT2D eigenvalue weighted by Crippen LogP contribution is -2.46. The number of rotatable bonds is 4. The van der Waals surface area contributed by atoms with Gasteiger partial charge in [-0.3, -0.25) is 5.43 Å². The Labute approximate surface area is 93.1 Å². The van der Waals surface area contributed by atoms with Crippen molar-refractivity contribution in [3.05, 3.63) is 0 Å². The van der Waals surface area contributed by atoms with E-state index in [0.717, 1.165) is 38.8 Å². The number of ether oxygens (including phenoxy) is 1. The van der Waals surface area contributed by atoms with E-state index in [1.54, 1.807) is 0 Å². The largest absolute Gasteiger partial charge is 0.379 e. The smallest absolute Gasteiger partial charge is 0.0608 e. The lowest BCUT2D eigenvalue weighted by molar-refractivity contribution is 0.0109. The fourth-order valence-corrected chi connectivity index (χ4v) is 2.62. The zero-order valence-corrected chi connectivity index (χ0v) is 9.71. The summed E-state index contributed by atoms with van der Waals surface area (Å²) >= 11 is 0. The SMILES string of the molecule is C1CCC(CCNN2CCOCC2)CC1. The van der Waals surface area contributed by atoms with Gasteiger partial charge >= 0.3 is 0 Å². The monoisotopic (exact) mass is 212 g/mol. The van der Waals surface area contributed by atoms with Crippen molar-refractivity contribution in [2.45, 2.75) is 38.5 Å². The van der Waals surface area contributed by atoms with Crippen LogP contribution in [-0.2, 0) is 4.74 Å². The Morgan fingerprint density at radius 1 is 1.07 bits per heavy atom. The first kappa shape index (κ1) is 11.4. The Morgan fingerprint density at radius 3 is 2.53 bits per heavy atom. The van der Waals surface area contributed by atoms with E-state index in [-0.39, 0.29) is 0 Å². The zero-order valence-electron chi connectivity index (χ0n) is 9.71. The molecule has 2 fully saturated rings. The van der Waals surface area contributed by atoms with Crippen molar-refractivity contribution >= 4 is 0 Å². The maximum Gasteiger partial charge on any atom is 0.0608 e. The molecule has 1 N–H and O–H groups in total. The molecule has 0 spiro atoms. The molecule has 1 aliphatic carbocycles. The van der Waals surface area contributed by atoms with Crippen molar-refractivity contribution in [3.63, 3.8) is 0 Å². The molecule has 15 heavy (non-hydrogen) atoms. The molecule has 2 rings (SSSR count). The van der Waals surface area contributed by atoms with Crippen LogP contribution in [0.15, 0.2) is 0 Å². The van der Waals surface area contributed by atoms with E-state index in [0.29, 0.717) is 0 Å². The second-order valence-corrected chi connectivity index (χ2v) is 4.80. The van der Waals surface area contributed by atoms with Gasteiger partial charge in [0.05, 0.1) is 13.2 Å². The second kappa shape index (κ2) is 6.46. The summed E-state index contributed by atoms with van der Waals surface area (Å²) in [6.07, 6.45) is 8.67. The van der Waals surface area contributed by atoms with E-state index in [1.807, 2.05) is 0 Å². The molecule has 0 radical (unpaired) electrons. The summed E-state index contributed by atoms with van der Waals surface area (Å²) in [5.41, 5.74) is 3.52. The molecule has 0 aromatic heterocycles. The van der Waals surface area contributed by atoms with Gasteiger partial charge in [-0.2, -0.15) is 0 Å². The molecule has 0 aromatic rings. The van der Waals surface area contributed by atoms with Crippen molar-refractivity contribution in [1.29, 1.82) is 0 Å². The first-order valence-electron chi connectivity index (χ1n) is 6.51. The van der Waals surface area contributed by atoms with Crippen molar-refractivity contribution in [1.82, 2.24) is 10.4 Å². The molecule has 0 unspecified atom stereocenters. The van der Waals surface area contributed by atoms with Crippen LogP contribution in [0.25, 0.3) is 0 Å². The van der Waals surface area contributed by atoms with Crippen LogP contribution < -0.4 is 5.43 Å². The summed E-state index contributed by atoms with van der Waals surface area (Å²) < 4.78 is 5.31. The van der Waals surface area contributed by atoms with Gasteiger partial charge in [-0.25, -0.2) is 5.01 Å². The van der Waals surface area contributed by atoms with Gasteiger partial charge in [0.25, 0.3) is 0 Å². The second-order valence-electron chi connectivity index (χ2n) is 4.80. The van der Waals surface area contributed by atoms with Crippen LogP contribution in [0.3, 0.4) is 0 Å². The van der Waals surface area contributed by atoms with E-state index in [4.69, 9.17) is 4.74 Å². The summed E-state index contributed by atoms with van der Waals surface area (Å²) in [4.78, 5) is 0. The van der Waals surface area contributed by atoms with Crippen molar-refractivity contribution < 1.29 is 4.74 Å². The highest BCUT2D eigenvalue weighted by molar-refractivity contribution is 4.67. The average Bonchev–Trinajstić information content (AvgIpc) is 2.32. The van der Waals surface area contributed by atoms with Crippen LogP contribution in [0.5, 0.6) is 0 Å². The van der Waals surface area contributed by atoms with Crippen molar-refractivity contribution in [3.8, 4) is 0 Å². The first-order valence-corrected chi connectivity index (χ1v) is 6.51. The highest BCUT2D eigenvalue weighted by Crippen LogP contribution is 2.25. The molecule has 3 nitrogen and oxygen atoms in total. The minimum absolute atomic E-state index is 0.885. The van der Waals surface area contributed by atoms with Gasteiger partial charge in [0.2, 0.25) is 0 Å². The van der Waals surface area contributed by atoms with Gasteiger partial charge in [0.1, 0.15) is 0 Å². The number of hydrogen-bond donors (Lipinski definition) is 1. The normalized spacial score (nSPS) is 25.6. The van der Waals surface area contributed by atoms with Crippen LogP contribution in [-0.4, -0.2) is 37.9 Å². The van der Waals surface area contributed by atoms with E-state index in [9.17, 15) is 0 Å². The molecular weight excluding hydrogens is 188 g/mol. The maximum atomic E-state index is 5.31. The fourth-order valence-electron chi connectivity index (χ4n) is 2.62. The van der Waals surface area contributed by atoms with Crippen LogP contribution in [0.2, 0.25) is 0 Å². The van der Waals surface area contributed by atoms with Gasteiger partial charge in [-0.15, -0.1) is 0 Å². The number of nitrogens with one attached hydrogen (secondary N) is 1. The maximum absolute atomic E-state index is 5.31. The Morgan fingerprint density at radius 2 is 1.80 bits per heavy atom. The molecule has 2 aliphatic rings. The lowest BCUT2D eigenvalue weighted by Gasteiger charge is -2.28. The lowest BCUT2D eigenvalue weighted by atomic mass is 9.87. The molecule has 0 amide bonds. The Balaban J connectivity index is 1.53. The predicted octanol–water partition coefficient (Wildman–Crippen LogP) is 1.79. The van der Waals surface area contributed by atoms with Gasteiger partial charge in [0.15, 0.2) is 0 Å². The average molecular weight is 212 g/mol. The summed E-state index contributed by atoms with van der Waals surface area (Å²) in [5.74, 6) is 0.993. The third-order valence-corrected chi connectivity index (χ3v) is 3.62. The van der Waals surface area contributed by atoms with Crippen LogP contribution >= 0.6 is 0 Å². The number of nitrogens with zero attached hydrogens (tertiary/aromatic N) is 1.